The largest absolute Gasteiger partial charge is 0.340 e. The van der Waals surface area contributed by atoms with Crippen molar-refractivity contribution in [2.75, 3.05) is 18.8 Å². The first kappa shape index (κ1) is 18.3. The van der Waals surface area contributed by atoms with Crippen LogP contribution in [-0.2, 0) is 10.5 Å². The highest BCUT2D eigenvalue weighted by Gasteiger charge is 2.20. The Hall–Kier alpha value is -1.09. The van der Waals surface area contributed by atoms with E-state index in [1.807, 2.05) is 10.3 Å². The summed E-state index contributed by atoms with van der Waals surface area (Å²) in [5, 5.41) is 1.84. The highest BCUT2D eigenvalue weighted by Crippen LogP contribution is 2.15. The van der Waals surface area contributed by atoms with Crippen LogP contribution in [0, 0.1) is 0 Å². The normalized spacial score (nSPS) is 18.0. The summed E-state index contributed by atoms with van der Waals surface area (Å²) >= 11 is 2.92. The molecule has 1 saturated heterocycles. The molecular formula is C14H19ClN4O2S2. The van der Waals surface area contributed by atoms with E-state index in [1.54, 1.807) is 6.20 Å². The van der Waals surface area contributed by atoms with Crippen molar-refractivity contribution >= 4 is 46.4 Å². The van der Waals surface area contributed by atoms with Gasteiger partial charge in [-0.25, -0.2) is 4.98 Å². The molecule has 6 nitrogen and oxygen atoms in total. The van der Waals surface area contributed by atoms with Crippen molar-refractivity contribution in [1.82, 2.24) is 14.3 Å². The van der Waals surface area contributed by atoms with Crippen LogP contribution in [0.5, 0.6) is 0 Å². The van der Waals surface area contributed by atoms with Gasteiger partial charge in [-0.05, 0) is 12.8 Å². The number of piperidine rings is 1. The van der Waals surface area contributed by atoms with Crippen molar-refractivity contribution in [3.05, 3.63) is 33.7 Å². The number of likely N-dealkylation sites (tertiary alicyclic amines) is 1. The third kappa shape index (κ3) is 4.47. The van der Waals surface area contributed by atoms with E-state index in [-0.39, 0.29) is 29.9 Å². The number of fused-ring (bicyclic) bond motifs is 1. The zero-order valence-electron chi connectivity index (χ0n) is 12.5. The summed E-state index contributed by atoms with van der Waals surface area (Å²) in [5.74, 6) is 1.09. The molecule has 0 spiro atoms. The van der Waals surface area contributed by atoms with Crippen LogP contribution >= 0.6 is 35.5 Å². The van der Waals surface area contributed by atoms with Gasteiger partial charge in [0.15, 0.2) is 4.96 Å². The Bertz CT molecular complexity index is 733. The first-order valence-corrected chi connectivity index (χ1v) is 9.24. The highest BCUT2D eigenvalue weighted by molar-refractivity contribution is 7.99. The molecule has 2 aromatic heterocycles. The van der Waals surface area contributed by atoms with Gasteiger partial charge >= 0.3 is 0 Å². The van der Waals surface area contributed by atoms with E-state index >= 15 is 0 Å². The van der Waals surface area contributed by atoms with E-state index in [0.29, 0.717) is 23.0 Å². The predicted octanol–water partition coefficient (Wildman–Crippen LogP) is 1.36. The van der Waals surface area contributed by atoms with Crippen LogP contribution < -0.4 is 11.3 Å². The quantitative estimate of drug-likeness (QED) is 0.873. The second kappa shape index (κ2) is 8.14. The Labute approximate surface area is 148 Å². The van der Waals surface area contributed by atoms with Crippen LogP contribution in [0.4, 0.5) is 0 Å². The Morgan fingerprint density at radius 2 is 2.35 bits per heavy atom. The van der Waals surface area contributed by atoms with Crippen LogP contribution in [0.25, 0.3) is 4.96 Å². The lowest BCUT2D eigenvalue weighted by Crippen LogP contribution is -2.46. The van der Waals surface area contributed by atoms with Gasteiger partial charge in [0.25, 0.3) is 5.56 Å². The number of nitrogens with zero attached hydrogens (tertiary/aromatic N) is 3. The molecule has 0 aliphatic carbocycles. The fourth-order valence-electron chi connectivity index (χ4n) is 2.53. The van der Waals surface area contributed by atoms with E-state index in [4.69, 9.17) is 5.73 Å². The maximum Gasteiger partial charge on any atom is 0.258 e. The van der Waals surface area contributed by atoms with Gasteiger partial charge in [0.05, 0.1) is 11.4 Å². The van der Waals surface area contributed by atoms with Crippen LogP contribution in [0.2, 0.25) is 0 Å². The molecule has 0 aromatic carbocycles. The van der Waals surface area contributed by atoms with Crippen LogP contribution in [0.15, 0.2) is 22.4 Å². The molecule has 3 heterocycles. The molecule has 23 heavy (non-hydrogen) atoms. The van der Waals surface area contributed by atoms with Crippen molar-refractivity contribution in [3.8, 4) is 0 Å². The first-order valence-electron chi connectivity index (χ1n) is 7.20. The smallest absolute Gasteiger partial charge is 0.258 e. The molecule has 1 aliphatic heterocycles. The minimum atomic E-state index is -0.0739. The predicted molar refractivity (Wildman–Crippen MR) is 96.5 cm³/mol. The molecule has 2 N–H and O–H groups in total. The van der Waals surface area contributed by atoms with Gasteiger partial charge in [0.1, 0.15) is 0 Å². The SMILES string of the molecule is Cl.NC1CCCN(C(=O)CSCc2cc(=O)n3ccsc3n2)C1. The average Bonchev–Trinajstić information content (AvgIpc) is 2.96. The van der Waals surface area contributed by atoms with E-state index < -0.39 is 0 Å². The number of amides is 1. The average molecular weight is 375 g/mol. The monoisotopic (exact) mass is 374 g/mol. The summed E-state index contributed by atoms with van der Waals surface area (Å²) in [4.78, 5) is 31.0. The van der Waals surface area contributed by atoms with Crippen molar-refractivity contribution in [1.29, 1.82) is 0 Å². The molecule has 3 rings (SSSR count). The van der Waals surface area contributed by atoms with E-state index in [2.05, 4.69) is 4.98 Å². The molecule has 0 bridgehead atoms. The standard InChI is InChI=1S/C14H18N4O2S2.ClH/c15-10-2-1-3-17(7-10)13(20)9-21-8-11-6-12(19)18-4-5-22-14(18)16-11;/h4-6,10H,1-3,7-9,15H2;1H. The second-order valence-electron chi connectivity index (χ2n) is 5.38. The van der Waals surface area contributed by atoms with Gasteiger partial charge in [0, 0.05) is 42.5 Å². The number of halogens is 1. The number of rotatable bonds is 4. The lowest BCUT2D eigenvalue weighted by molar-refractivity contribution is -0.129. The number of thiazole rings is 1. The van der Waals surface area contributed by atoms with Crippen LogP contribution in [0.1, 0.15) is 18.5 Å². The molecule has 0 saturated carbocycles. The molecule has 0 radical (unpaired) electrons. The molecule has 126 valence electrons. The van der Waals surface area contributed by atoms with Crippen LogP contribution in [0.3, 0.4) is 0 Å². The van der Waals surface area contributed by atoms with Gasteiger partial charge in [0.2, 0.25) is 5.91 Å². The number of nitrogens with two attached hydrogens (primary N) is 1. The van der Waals surface area contributed by atoms with Crippen molar-refractivity contribution < 1.29 is 4.79 Å². The third-order valence-corrected chi connectivity index (χ3v) is 5.35. The van der Waals surface area contributed by atoms with Crippen LogP contribution in [-0.4, -0.2) is 45.1 Å². The minimum Gasteiger partial charge on any atom is -0.340 e. The van der Waals surface area contributed by atoms with Gasteiger partial charge in [-0.3, -0.25) is 14.0 Å². The third-order valence-electron chi connectivity index (χ3n) is 3.64. The molecule has 1 unspecified atom stereocenters. The lowest BCUT2D eigenvalue weighted by atomic mass is 10.1. The molecule has 9 heteroatoms. The molecule has 1 fully saturated rings. The van der Waals surface area contributed by atoms with Crippen molar-refractivity contribution in [2.45, 2.75) is 24.6 Å². The number of hydrogen-bond acceptors (Lipinski definition) is 6. The fraction of sp³-hybridized carbons (Fsp3) is 0.500. The van der Waals surface area contributed by atoms with Gasteiger partial charge < -0.3 is 10.6 Å². The molecule has 1 aliphatic rings. The summed E-state index contributed by atoms with van der Waals surface area (Å²) in [6.45, 7) is 1.45. The molecular weight excluding hydrogens is 356 g/mol. The number of aromatic nitrogens is 2. The van der Waals surface area contributed by atoms with E-state index in [9.17, 15) is 9.59 Å². The number of carbonyl (C=O) groups excluding carboxylic acids is 1. The number of carbonyl (C=O) groups is 1. The second-order valence-corrected chi connectivity index (χ2v) is 7.23. The summed E-state index contributed by atoms with van der Waals surface area (Å²) < 4.78 is 1.53. The Morgan fingerprint density at radius 3 is 3.13 bits per heavy atom. The summed E-state index contributed by atoms with van der Waals surface area (Å²) in [5.41, 5.74) is 6.54. The zero-order chi connectivity index (χ0) is 15.5. The molecule has 1 amide bonds. The maximum atomic E-state index is 12.1. The number of thioether (sulfide) groups is 1. The summed E-state index contributed by atoms with van der Waals surface area (Å²) in [7, 11) is 0. The molecule has 1 atom stereocenters. The van der Waals surface area contributed by atoms with Crippen molar-refractivity contribution in [2.24, 2.45) is 5.73 Å². The Balaban J connectivity index is 0.00000192. The van der Waals surface area contributed by atoms with Gasteiger partial charge in [-0.2, -0.15) is 0 Å². The summed E-state index contributed by atoms with van der Waals surface area (Å²) in [6, 6.07) is 1.64. The van der Waals surface area contributed by atoms with Crippen molar-refractivity contribution in [3.63, 3.8) is 0 Å². The maximum absolute atomic E-state index is 12.1. The first-order chi connectivity index (χ1) is 10.6. The fourth-order valence-corrected chi connectivity index (χ4v) is 4.09. The molecule has 2 aromatic rings. The highest BCUT2D eigenvalue weighted by atomic mass is 35.5. The summed E-state index contributed by atoms with van der Waals surface area (Å²) in [6.07, 6.45) is 3.69. The zero-order valence-corrected chi connectivity index (χ0v) is 15.0. The number of hydrogen-bond donors (Lipinski definition) is 1. The van der Waals surface area contributed by atoms with Gasteiger partial charge in [-0.1, -0.05) is 0 Å². The topological polar surface area (TPSA) is 80.7 Å². The van der Waals surface area contributed by atoms with E-state index in [1.165, 1.54) is 33.6 Å². The lowest BCUT2D eigenvalue weighted by Gasteiger charge is -2.30. The minimum absolute atomic E-state index is 0. The van der Waals surface area contributed by atoms with E-state index in [0.717, 1.165) is 25.1 Å². The van der Waals surface area contributed by atoms with Gasteiger partial charge in [-0.15, -0.1) is 35.5 Å². The Kier molecular flexibility index (Phi) is 6.46. The Morgan fingerprint density at radius 1 is 1.52 bits per heavy atom.